The summed E-state index contributed by atoms with van der Waals surface area (Å²) in [5.74, 6) is 0.747. The Bertz CT molecular complexity index is 1050. The Morgan fingerprint density at radius 1 is 1.07 bits per heavy atom. The number of aliphatic hydroxyl groups is 1. The molecule has 4 rings (SSSR count). The van der Waals surface area contributed by atoms with Gasteiger partial charge in [0.25, 0.3) is 0 Å². The molecule has 29 heavy (non-hydrogen) atoms. The summed E-state index contributed by atoms with van der Waals surface area (Å²) in [6.07, 6.45) is 1.66. The number of hydrogen-bond donors (Lipinski definition) is 2. The number of nitrogens with zero attached hydrogens (tertiary/aromatic N) is 2. The van der Waals surface area contributed by atoms with Gasteiger partial charge in [0.1, 0.15) is 5.82 Å². The number of fused-ring (bicyclic) bond motifs is 1. The Labute approximate surface area is 177 Å². The standard InChI is InChI=1S/C24H26ClN3O/c1-4-19-22(17-11-10-14(3)12-18(17)25)26-20(5-2)24(27-19)28-23-16-9-7-6-8-15(16)13-21(23)29/h6-12,21,23,29H,4-5,13H2,1-3H3,(H,27,28)/t21-,23?/m0/s1. The molecule has 150 valence electrons. The Morgan fingerprint density at radius 2 is 1.83 bits per heavy atom. The lowest BCUT2D eigenvalue weighted by Crippen LogP contribution is -2.23. The van der Waals surface area contributed by atoms with Crippen LogP contribution in [0.25, 0.3) is 11.3 Å². The summed E-state index contributed by atoms with van der Waals surface area (Å²) in [6, 6.07) is 14.0. The van der Waals surface area contributed by atoms with Gasteiger partial charge in [0.2, 0.25) is 0 Å². The Kier molecular flexibility index (Phi) is 5.57. The summed E-state index contributed by atoms with van der Waals surface area (Å²) in [6.45, 7) is 6.17. The van der Waals surface area contributed by atoms with Crippen molar-refractivity contribution in [3.8, 4) is 11.3 Å². The number of hydrogen-bond acceptors (Lipinski definition) is 4. The Hall–Kier alpha value is -2.43. The number of anilines is 1. The number of aryl methyl sites for hydroxylation is 3. The van der Waals surface area contributed by atoms with Crippen LogP contribution in [0.5, 0.6) is 0 Å². The van der Waals surface area contributed by atoms with E-state index in [9.17, 15) is 5.11 Å². The van der Waals surface area contributed by atoms with Gasteiger partial charge in [0, 0.05) is 12.0 Å². The lowest BCUT2D eigenvalue weighted by atomic mass is 10.0. The number of rotatable bonds is 5. The van der Waals surface area contributed by atoms with E-state index in [1.807, 2.05) is 37.3 Å². The minimum Gasteiger partial charge on any atom is -0.390 e. The first-order valence-electron chi connectivity index (χ1n) is 10.2. The third-order valence-corrected chi connectivity index (χ3v) is 5.90. The van der Waals surface area contributed by atoms with Crippen LogP contribution in [0, 0.1) is 6.92 Å². The van der Waals surface area contributed by atoms with Crippen molar-refractivity contribution in [2.45, 2.75) is 52.2 Å². The number of aromatic nitrogens is 2. The largest absolute Gasteiger partial charge is 0.390 e. The second-order valence-corrected chi connectivity index (χ2v) is 8.00. The van der Waals surface area contributed by atoms with Crippen molar-refractivity contribution in [3.05, 3.63) is 75.6 Å². The highest BCUT2D eigenvalue weighted by atomic mass is 35.5. The second-order valence-electron chi connectivity index (χ2n) is 7.60. The van der Waals surface area contributed by atoms with Gasteiger partial charge >= 0.3 is 0 Å². The van der Waals surface area contributed by atoms with Gasteiger partial charge in [-0.25, -0.2) is 9.97 Å². The molecular weight excluding hydrogens is 382 g/mol. The summed E-state index contributed by atoms with van der Waals surface area (Å²) >= 11 is 6.52. The Morgan fingerprint density at radius 3 is 2.55 bits per heavy atom. The molecule has 1 heterocycles. The van der Waals surface area contributed by atoms with Gasteiger partial charge in [-0.2, -0.15) is 0 Å². The van der Waals surface area contributed by atoms with E-state index in [0.717, 1.165) is 52.4 Å². The summed E-state index contributed by atoms with van der Waals surface area (Å²) in [4.78, 5) is 9.88. The van der Waals surface area contributed by atoms with Crippen molar-refractivity contribution in [3.63, 3.8) is 0 Å². The number of halogens is 1. The molecule has 5 heteroatoms. The van der Waals surface area contributed by atoms with E-state index in [2.05, 4.69) is 31.3 Å². The highest BCUT2D eigenvalue weighted by Crippen LogP contribution is 2.36. The van der Waals surface area contributed by atoms with E-state index in [1.165, 1.54) is 5.56 Å². The van der Waals surface area contributed by atoms with Gasteiger partial charge < -0.3 is 10.4 Å². The van der Waals surface area contributed by atoms with Crippen LogP contribution >= 0.6 is 11.6 Å². The maximum absolute atomic E-state index is 10.6. The molecule has 2 N–H and O–H groups in total. The lowest BCUT2D eigenvalue weighted by Gasteiger charge is -2.22. The topological polar surface area (TPSA) is 58.0 Å². The molecule has 4 nitrogen and oxygen atoms in total. The molecule has 0 amide bonds. The van der Waals surface area contributed by atoms with E-state index in [0.29, 0.717) is 11.4 Å². The molecule has 1 aliphatic rings. The van der Waals surface area contributed by atoms with Gasteiger partial charge in [-0.15, -0.1) is 0 Å². The average molecular weight is 408 g/mol. The van der Waals surface area contributed by atoms with Crippen molar-refractivity contribution in [1.82, 2.24) is 9.97 Å². The van der Waals surface area contributed by atoms with Crippen molar-refractivity contribution in [2.75, 3.05) is 5.32 Å². The van der Waals surface area contributed by atoms with Gasteiger partial charge in [0.05, 0.1) is 34.3 Å². The first-order valence-corrected chi connectivity index (χ1v) is 10.6. The first-order chi connectivity index (χ1) is 14.0. The third-order valence-electron chi connectivity index (χ3n) is 5.59. The highest BCUT2D eigenvalue weighted by molar-refractivity contribution is 6.33. The van der Waals surface area contributed by atoms with Crippen molar-refractivity contribution >= 4 is 17.4 Å². The monoisotopic (exact) mass is 407 g/mol. The van der Waals surface area contributed by atoms with E-state index in [1.54, 1.807) is 0 Å². The number of aliphatic hydroxyl groups excluding tert-OH is 1. The molecule has 2 atom stereocenters. The van der Waals surface area contributed by atoms with Crippen LogP contribution in [0.3, 0.4) is 0 Å². The molecule has 0 saturated carbocycles. The quantitative estimate of drug-likeness (QED) is 0.602. The molecule has 0 aliphatic heterocycles. The zero-order valence-corrected chi connectivity index (χ0v) is 17.8. The predicted molar refractivity (Wildman–Crippen MR) is 118 cm³/mol. The zero-order valence-electron chi connectivity index (χ0n) is 17.0. The van der Waals surface area contributed by atoms with E-state index < -0.39 is 6.10 Å². The minimum absolute atomic E-state index is 0.177. The van der Waals surface area contributed by atoms with Crippen molar-refractivity contribution < 1.29 is 5.11 Å². The molecular formula is C24H26ClN3O. The van der Waals surface area contributed by atoms with E-state index >= 15 is 0 Å². The second kappa shape index (κ2) is 8.13. The Balaban J connectivity index is 1.76. The van der Waals surface area contributed by atoms with E-state index in [4.69, 9.17) is 21.6 Å². The van der Waals surface area contributed by atoms with Crippen LogP contribution in [0.1, 0.15) is 48.0 Å². The number of nitrogens with one attached hydrogen (secondary N) is 1. The summed E-state index contributed by atoms with van der Waals surface area (Å²) < 4.78 is 0. The van der Waals surface area contributed by atoms with Crippen LogP contribution in [-0.2, 0) is 19.3 Å². The van der Waals surface area contributed by atoms with Gasteiger partial charge in [0.15, 0.2) is 0 Å². The molecule has 0 radical (unpaired) electrons. The van der Waals surface area contributed by atoms with Crippen LogP contribution in [0.4, 0.5) is 5.82 Å². The molecule has 3 aromatic rings. The van der Waals surface area contributed by atoms with Crippen molar-refractivity contribution in [1.29, 1.82) is 0 Å². The summed E-state index contributed by atoms with van der Waals surface area (Å²) in [7, 11) is 0. The van der Waals surface area contributed by atoms with Crippen molar-refractivity contribution in [2.24, 2.45) is 0 Å². The molecule has 0 saturated heterocycles. The average Bonchev–Trinajstić information content (AvgIpc) is 3.03. The summed E-state index contributed by atoms with van der Waals surface area (Å²) in [5.41, 5.74) is 6.96. The fourth-order valence-electron chi connectivity index (χ4n) is 4.04. The SMILES string of the molecule is CCc1nc(-c2ccc(C)cc2Cl)c(CC)nc1NC1c2ccccc2C[C@@H]1O. The molecule has 0 bridgehead atoms. The zero-order chi connectivity index (χ0) is 20.5. The number of benzene rings is 2. The smallest absolute Gasteiger partial charge is 0.148 e. The fourth-order valence-corrected chi connectivity index (χ4v) is 4.36. The fraction of sp³-hybridized carbons (Fsp3) is 0.333. The summed E-state index contributed by atoms with van der Waals surface area (Å²) in [5, 5.41) is 14.8. The normalized spacial score (nSPS) is 18.0. The molecule has 1 aromatic heterocycles. The maximum atomic E-state index is 10.6. The van der Waals surface area contributed by atoms with E-state index in [-0.39, 0.29) is 6.04 Å². The van der Waals surface area contributed by atoms with Gasteiger partial charge in [-0.3, -0.25) is 0 Å². The first kappa shape index (κ1) is 19.9. The molecule has 2 aromatic carbocycles. The van der Waals surface area contributed by atoms with Gasteiger partial charge in [-0.05, 0) is 42.5 Å². The molecule has 1 unspecified atom stereocenters. The van der Waals surface area contributed by atoms with Gasteiger partial charge in [-0.1, -0.05) is 61.8 Å². The third kappa shape index (κ3) is 3.75. The van der Waals surface area contributed by atoms with Crippen LogP contribution in [0.15, 0.2) is 42.5 Å². The lowest BCUT2D eigenvalue weighted by molar-refractivity contribution is 0.165. The predicted octanol–water partition coefficient (Wildman–Crippen LogP) is 5.30. The maximum Gasteiger partial charge on any atom is 0.148 e. The highest BCUT2D eigenvalue weighted by Gasteiger charge is 2.31. The molecule has 1 aliphatic carbocycles. The molecule has 0 fully saturated rings. The van der Waals surface area contributed by atoms with Crippen LogP contribution in [-0.4, -0.2) is 21.2 Å². The van der Waals surface area contributed by atoms with Crippen LogP contribution in [0.2, 0.25) is 5.02 Å². The van der Waals surface area contributed by atoms with Crippen LogP contribution < -0.4 is 5.32 Å². The minimum atomic E-state index is -0.477. The molecule has 0 spiro atoms.